The number of rotatable bonds is 4. The van der Waals surface area contributed by atoms with Crippen molar-refractivity contribution in [3.05, 3.63) is 59.3 Å². The van der Waals surface area contributed by atoms with Crippen LogP contribution >= 0.6 is 0 Å². The van der Waals surface area contributed by atoms with Crippen LogP contribution in [0.4, 0.5) is 0 Å². The normalized spacial score (nSPS) is 12.8. The molecule has 0 saturated heterocycles. The summed E-state index contributed by atoms with van der Waals surface area (Å²) in [6, 6.07) is 15.6. The second kappa shape index (κ2) is 7.96. The smallest absolute Gasteiger partial charge is 0.200 e. The fraction of sp³-hybridized carbons (Fsp3) is 0.464. The van der Waals surface area contributed by atoms with Gasteiger partial charge in [-0.2, -0.15) is 0 Å². The number of fused-ring (bicyclic) bond motifs is 1. The van der Waals surface area contributed by atoms with Gasteiger partial charge >= 0.3 is 0 Å². The van der Waals surface area contributed by atoms with Gasteiger partial charge in [-0.1, -0.05) is 71.1 Å². The Hall–Kier alpha value is -1.93. The molecule has 0 aliphatic heterocycles. The third-order valence-corrected chi connectivity index (χ3v) is 10.3. The first-order valence-electron chi connectivity index (χ1n) is 11.3. The number of benzene rings is 2. The molecular weight excluding hydrogens is 378 g/mol. The number of aromatic nitrogens is 1. The van der Waals surface area contributed by atoms with E-state index in [0.717, 1.165) is 0 Å². The predicted molar refractivity (Wildman–Crippen MR) is 136 cm³/mol. The topological polar surface area (TPSA) is 3.88 Å². The van der Waals surface area contributed by atoms with Crippen LogP contribution in [0, 0.1) is 19.3 Å². The maximum absolute atomic E-state index is 2.52. The number of pyridine rings is 1. The van der Waals surface area contributed by atoms with Gasteiger partial charge in [0.1, 0.15) is 7.05 Å². The molecule has 0 bridgehead atoms. The van der Waals surface area contributed by atoms with Crippen molar-refractivity contribution in [1.82, 2.24) is 0 Å². The highest BCUT2D eigenvalue weighted by molar-refractivity contribution is 6.90. The zero-order chi connectivity index (χ0) is 22.4. The Morgan fingerprint density at radius 1 is 0.967 bits per heavy atom. The van der Waals surface area contributed by atoms with E-state index in [9.17, 15) is 0 Å². The van der Waals surface area contributed by atoms with Gasteiger partial charge in [0.05, 0.1) is 19.0 Å². The van der Waals surface area contributed by atoms with Crippen LogP contribution in [0.25, 0.3) is 22.0 Å². The summed E-state index contributed by atoms with van der Waals surface area (Å²) in [5.74, 6) is 0.527. The highest BCUT2D eigenvalue weighted by Gasteiger charge is 2.30. The molecule has 0 amide bonds. The summed E-state index contributed by atoms with van der Waals surface area (Å²) >= 11 is 0. The Kier molecular flexibility index (Phi) is 6.04. The van der Waals surface area contributed by atoms with E-state index in [1.807, 2.05) is 0 Å². The van der Waals surface area contributed by atoms with Gasteiger partial charge in [-0.15, -0.1) is 0 Å². The van der Waals surface area contributed by atoms with Crippen molar-refractivity contribution < 1.29 is 4.57 Å². The van der Waals surface area contributed by atoms with Crippen LogP contribution in [0.3, 0.4) is 0 Å². The molecule has 1 nitrogen and oxygen atoms in total. The molecule has 0 aliphatic rings. The fourth-order valence-electron chi connectivity index (χ4n) is 5.02. The first-order valence-corrected chi connectivity index (χ1v) is 14.6. The van der Waals surface area contributed by atoms with E-state index in [-0.39, 0.29) is 0 Å². The number of nitrogens with zero attached hydrogens (tertiary/aromatic N) is 1. The highest BCUT2D eigenvalue weighted by atomic mass is 28.3. The molecule has 2 aromatic carbocycles. The van der Waals surface area contributed by atoms with E-state index in [1.54, 1.807) is 5.19 Å². The van der Waals surface area contributed by atoms with Crippen LogP contribution in [0.2, 0.25) is 19.1 Å². The molecule has 0 aliphatic carbocycles. The molecular formula is C28H40NSi+. The summed E-state index contributed by atoms with van der Waals surface area (Å²) in [6.45, 7) is 21.2. The summed E-state index contributed by atoms with van der Waals surface area (Å²) in [5, 5.41) is 4.28. The van der Waals surface area contributed by atoms with Crippen LogP contribution in [-0.2, 0) is 7.05 Å². The fourth-order valence-corrected chi connectivity index (χ4v) is 8.96. The molecule has 160 valence electrons. The van der Waals surface area contributed by atoms with Crippen LogP contribution in [0.15, 0.2) is 42.6 Å². The highest BCUT2D eigenvalue weighted by Crippen LogP contribution is 2.33. The molecule has 0 radical (unpaired) electrons. The van der Waals surface area contributed by atoms with Gasteiger partial charge in [-0.05, 0) is 65.4 Å². The first kappa shape index (κ1) is 22.7. The summed E-state index contributed by atoms with van der Waals surface area (Å²) < 4.78 is 2.30. The molecule has 0 atom stereocenters. The average molecular weight is 419 g/mol. The maximum Gasteiger partial charge on any atom is 0.220 e. The summed E-state index contributed by atoms with van der Waals surface area (Å²) in [6.07, 6.45) is 2.23. The zero-order valence-electron chi connectivity index (χ0n) is 20.8. The van der Waals surface area contributed by atoms with Crippen LogP contribution in [-0.4, -0.2) is 8.07 Å². The van der Waals surface area contributed by atoms with Crippen LogP contribution in [0.5, 0.6) is 0 Å². The average Bonchev–Trinajstić information content (AvgIpc) is 2.61. The molecule has 1 heterocycles. The largest absolute Gasteiger partial charge is 0.220 e. The summed E-state index contributed by atoms with van der Waals surface area (Å²) in [4.78, 5) is 0. The molecule has 0 N–H and O–H groups in total. The molecule has 1 aromatic heterocycles. The van der Waals surface area contributed by atoms with Crippen molar-refractivity contribution in [3.8, 4) is 11.3 Å². The van der Waals surface area contributed by atoms with Gasteiger partial charge < -0.3 is 0 Å². The van der Waals surface area contributed by atoms with Crippen molar-refractivity contribution in [3.63, 3.8) is 0 Å². The van der Waals surface area contributed by atoms with Crippen LogP contribution < -0.4 is 9.75 Å². The molecule has 0 spiro atoms. The summed E-state index contributed by atoms with van der Waals surface area (Å²) in [7, 11) is 0.686. The quantitative estimate of drug-likeness (QED) is 0.316. The zero-order valence-corrected chi connectivity index (χ0v) is 21.8. The van der Waals surface area contributed by atoms with Crippen LogP contribution in [0.1, 0.15) is 57.2 Å². The lowest BCUT2D eigenvalue weighted by molar-refractivity contribution is -0.659. The number of hydrogen-bond donors (Lipinski definition) is 0. The van der Waals surface area contributed by atoms with Crippen molar-refractivity contribution in [2.75, 3.05) is 0 Å². The van der Waals surface area contributed by atoms with Crippen molar-refractivity contribution in [1.29, 1.82) is 0 Å². The lowest BCUT2D eigenvalue weighted by Crippen LogP contribution is -2.44. The predicted octanol–water partition coefficient (Wildman–Crippen LogP) is 7.03. The SMILES string of the molecule is Cc1cc(C(C)C)cc(-c2c3ccc([Si](C)(C)CC(C)(C)C)cc3cc[n+]2C)c1C. The Morgan fingerprint density at radius 3 is 2.23 bits per heavy atom. The van der Waals surface area contributed by atoms with Gasteiger partial charge in [0, 0.05) is 6.07 Å². The Bertz CT molecular complexity index is 1080. The lowest BCUT2D eigenvalue weighted by Gasteiger charge is -2.31. The van der Waals surface area contributed by atoms with Gasteiger partial charge in [0.25, 0.3) is 0 Å². The van der Waals surface area contributed by atoms with Gasteiger partial charge in [-0.3, -0.25) is 0 Å². The molecule has 2 heteroatoms. The maximum atomic E-state index is 2.52. The van der Waals surface area contributed by atoms with E-state index >= 15 is 0 Å². The lowest BCUT2D eigenvalue weighted by atomic mass is 9.91. The first-order chi connectivity index (χ1) is 13.8. The molecule has 30 heavy (non-hydrogen) atoms. The second-order valence-corrected chi connectivity index (χ2v) is 16.1. The monoisotopic (exact) mass is 418 g/mol. The molecule has 3 rings (SSSR count). The van der Waals surface area contributed by atoms with E-state index in [2.05, 4.69) is 116 Å². The minimum Gasteiger partial charge on any atom is -0.200 e. The van der Waals surface area contributed by atoms with Crippen molar-refractivity contribution in [2.24, 2.45) is 12.5 Å². The second-order valence-electron chi connectivity index (χ2n) is 11.4. The minimum absolute atomic E-state index is 0.366. The van der Waals surface area contributed by atoms with E-state index < -0.39 is 8.07 Å². The standard InChI is InChI=1S/C28H40NSi/c1-19(2)23-15-20(3)21(4)26(17-23)27-25-12-11-24(16-22(25)13-14-29(27)8)30(9,10)18-28(5,6)7/h11-17,19H,18H2,1-10H3/q+1. The van der Waals surface area contributed by atoms with Gasteiger partial charge in [0.15, 0.2) is 6.20 Å². The third-order valence-electron chi connectivity index (χ3n) is 6.50. The number of hydrogen-bond acceptors (Lipinski definition) is 0. The third kappa shape index (κ3) is 4.54. The van der Waals surface area contributed by atoms with Crippen molar-refractivity contribution in [2.45, 2.75) is 73.5 Å². The Labute approximate surface area is 185 Å². The Balaban J connectivity index is 2.23. The van der Waals surface area contributed by atoms with Crippen molar-refractivity contribution >= 4 is 24.0 Å². The molecule has 0 fully saturated rings. The summed E-state index contributed by atoms with van der Waals surface area (Å²) in [5.41, 5.74) is 7.24. The number of aryl methyl sites for hydroxylation is 2. The molecule has 0 unspecified atom stereocenters. The molecule has 0 saturated carbocycles. The van der Waals surface area contributed by atoms with E-state index in [4.69, 9.17) is 0 Å². The van der Waals surface area contributed by atoms with E-state index in [1.165, 1.54) is 44.8 Å². The minimum atomic E-state index is -1.49. The molecule has 3 aromatic rings. The van der Waals surface area contributed by atoms with Gasteiger partial charge in [0.2, 0.25) is 5.69 Å². The van der Waals surface area contributed by atoms with Gasteiger partial charge in [-0.25, -0.2) is 4.57 Å². The Morgan fingerprint density at radius 2 is 1.63 bits per heavy atom. The van der Waals surface area contributed by atoms with E-state index in [0.29, 0.717) is 11.3 Å².